The Morgan fingerprint density at radius 1 is 0.833 bits per heavy atom. The van der Waals surface area contributed by atoms with Gasteiger partial charge in [-0.3, -0.25) is 9.36 Å². The van der Waals surface area contributed by atoms with Crippen molar-refractivity contribution in [2.24, 2.45) is 0 Å². The number of aromatic nitrogens is 4. The van der Waals surface area contributed by atoms with Crippen molar-refractivity contribution in [1.82, 2.24) is 19.5 Å². The molecule has 0 aromatic carbocycles. The van der Waals surface area contributed by atoms with Gasteiger partial charge < -0.3 is 24.6 Å². The maximum Gasteiger partial charge on any atom is 0.305 e. The van der Waals surface area contributed by atoms with Gasteiger partial charge in [-0.05, 0) is 6.42 Å². The zero-order valence-corrected chi connectivity index (χ0v) is 26.3. The lowest BCUT2D eigenvalue weighted by atomic mass is 10.0. The van der Waals surface area contributed by atoms with Crippen molar-refractivity contribution in [3.05, 3.63) is 12.7 Å². The number of esters is 1. The standard InChI is InChI=1S/C32H55N5O5/c1-4-5-6-7-8-9-10-11-12-13-14-15-16-17-18-19-20-21-26(38)41-22-25-28(39)29(40)32(42-25)37-24-35-27-30(36(2)3)33-23-34-31(27)37/h23-25,28-29,32,39-40H,4-22H2,1-3H3/t25-,28-,29-,32-/m1/s1. The molecule has 4 atom stereocenters. The highest BCUT2D eigenvalue weighted by molar-refractivity contribution is 5.83. The van der Waals surface area contributed by atoms with E-state index in [0.29, 0.717) is 23.4 Å². The van der Waals surface area contributed by atoms with Crippen LogP contribution in [0.5, 0.6) is 0 Å². The summed E-state index contributed by atoms with van der Waals surface area (Å²) in [5, 5.41) is 21.2. The summed E-state index contributed by atoms with van der Waals surface area (Å²) >= 11 is 0. The number of nitrogens with zero attached hydrogens (tertiary/aromatic N) is 5. The van der Waals surface area contributed by atoms with Crippen molar-refractivity contribution in [2.75, 3.05) is 25.6 Å². The molecule has 10 nitrogen and oxygen atoms in total. The molecule has 3 rings (SSSR count). The molecule has 2 aromatic rings. The Morgan fingerprint density at radius 3 is 1.93 bits per heavy atom. The van der Waals surface area contributed by atoms with E-state index < -0.39 is 24.5 Å². The largest absolute Gasteiger partial charge is 0.463 e. The van der Waals surface area contributed by atoms with Crippen molar-refractivity contribution >= 4 is 23.0 Å². The van der Waals surface area contributed by atoms with Crippen LogP contribution in [-0.4, -0.2) is 74.7 Å². The molecule has 0 spiro atoms. The Hall–Kier alpha value is -2.30. The van der Waals surface area contributed by atoms with E-state index in [9.17, 15) is 15.0 Å². The molecule has 42 heavy (non-hydrogen) atoms. The van der Waals surface area contributed by atoms with Gasteiger partial charge in [0, 0.05) is 20.5 Å². The third-order valence-electron chi connectivity index (χ3n) is 8.27. The minimum atomic E-state index is -1.21. The average Bonchev–Trinajstić information content (AvgIpc) is 3.53. The first-order valence-corrected chi connectivity index (χ1v) is 16.5. The lowest BCUT2D eigenvalue weighted by Gasteiger charge is -2.17. The van der Waals surface area contributed by atoms with E-state index in [1.165, 1.54) is 103 Å². The fraction of sp³-hybridized carbons (Fsp3) is 0.812. The quantitative estimate of drug-likeness (QED) is 0.124. The summed E-state index contributed by atoms with van der Waals surface area (Å²) in [6.45, 7) is 2.16. The fourth-order valence-corrected chi connectivity index (χ4v) is 5.69. The number of hydrogen-bond acceptors (Lipinski definition) is 9. The van der Waals surface area contributed by atoms with E-state index in [0.717, 1.165) is 19.3 Å². The van der Waals surface area contributed by atoms with Crippen LogP contribution < -0.4 is 4.90 Å². The van der Waals surface area contributed by atoms with Crippen LogP contribution in [0.2, 0.25) is 0 Å². The van der Waals surface area contributed by atoms with Crippen LogP contribution in [-0.2, 0) is 14.3 Å². The monoisotopic (exact) mass is 589 g/mol. The summed E-state index contributed by atoms with van der Waals surface area (Å²) < 4.78 is 12.9. The van der Waals surface area contributed by atoms with Gasteiger partial charge in [0.05, 0.1) is 6.33 Å². The molecule has 0 amide bonds. The van der Waals surface area contributed by atoms with Crippen molar-refractivity contribution in [3.63, 3.8) is 0 Å². The lowest BCUT2D eigenvalue weighted by Crippen LogP contribution is -2.34. The van der Waals surface area contributed by atoms with Crippen LogP contribution in [0.3, 0.4) is 0 Å². The summed E-state index contributed by atoms with van der Waals surface area (Å²) in [6, 6.07) is 0. The number of aliphatic hydroxyl groups is 2. The molecule has 0 unspecified atom stereocenters. The zero-order valence-electron chi connectivity index (χ0n) is 26.3. The number of imidazole rings is 1. The number of carbonyl (C=O) groups is 1. The molecule has 1 aliphatic rings. The molecular weight excluding hydrogens is 534 g/mol. The van der Waals surface area contributed by atoms with Gasteiger partial charge >= 0.3 is 5.97 Å². The van der Waals surface area contributed by atoms with Crippen LogP contribution in [0.4, 0.5) is 5.82 Å². The van der Waals surface area contributed by atoms with E-state index in [-0.39, 0.29) is 12.6 Å². The molecule has 3 heterocycles. The normalized spacial score (nSPS) is 20.4. The number of unbranched alkanes of at least 4 members (excludes halogenated alkanes) is 16. The molecule has 1 fully saturated rings. The van der Waals surface area contributed by atoms with E-state index >= 15 is 0 Å². The third-order valence-corrected chi connectivity index (χ3v) is 8.27. The summed E-state index contributed by atoms with van der Waals surface area (Å²) in [5.41, 5.74) is 1.05. The number of aliphatic hydroxyl groups excluding tert-OH is 2. The molecule has 0 aliphatic carbocycles. The van der Waals surface area contributed by atoms with Gasteiger partial charge in [0.15, 0.2) is 23.2 Å². The maximum absolute atomic E-state index is 12.3. The smallest absolute Gasteiger partial charge is 0.305 e. The summed E-state index contributed by atoms with van der Waals surface area (Å²) in [5.74, 6) is 0.336. The van der Waals surface area contributed by atoms with Gasteiger partial charge in [-0.15, -0.1) is 0 Å². The van der Waals surface area contributed by atoms with Gasteiger partial charge in [-0.25, -0.2) is 15.0 Å². The number of carbonyl (C=O) groups excluding carboxylic acids is 1. The molecule has 0 radical (unpaired) electrons. The molecule has 10 heteroatoms. The van der Waals surface area contributed by atoms with Crippen LogP contribution in [0.1, 0.15) is 129 Å². The minimum Gasteiger partial charge on any atom is -0.463 e. The molecule has 0 bridgehead atoms. The van der Waals surface area contributed by atoms with Gasteiger partial charge in [0.25, 0.3) is 0 Å². The zero-order chi connectivity index (χ0) is 30.2. The fourth-order valence-electron chi connectivity index (χ4n) is 5.69. The second kappa shape index (κ2) is 19.1. The predicted octanol–water partition coefficient (Wildman–Crippen LogP) is 6.10. The third kappa shape index (κ3) is 10.8. The topological polar surface area (TPSA) is 123 Å². The van der Waals surface area contributed by atoms with Crippen molar-refractivity contribution in [2.45, 2.75) is 147 Å². The highest BCUT2D eigenvalue weighted by atomic mass is 16.6. The SMILES string of the molecule is CCCCCCCCCCCCCCCCCCCC(=O)OC[C@H]1O[C@@H](n2cnc3c(N(C)C)ncnc32)[C@H](O)[C@@H]1O. The van der Waals surface area contributed by atoms with Crippen LogP contribution in [0, 0.1) is 0 Å². The Morgan fingerprint density at radius 2 is 1.38 bits per heavy atom. The summed E-state index contributed by atoms with van der Waals surface area (Å²) in [7, 11) is 3.72. The predicted molar refractivity (Wildman–Crippen MR) is 165 cm³/mol. The number of ether oxygens (including phenoxy) is 2. The number of fused-ring (bicyclic) bond motifs is 1. The summed E-state index contributed by atoms with van der Waals surface area (Å²) in [6.07, 6.45) is 21.2. The van der Waals surface area contributed by atoms with E-state index in [1.54, 1.807) is 4.57 Å². The minimum absolute atomic E-state index is 0.114. The Kier molecular flexibility index (Phi) is 15.5. The summed E-state index contributed by atoms with van der Waals surface area (Å²) in [4.78, 5) is 27.0. The first-order chi connectivity index (χ1) is 20.4. The van der Waals surface area contributed by atoms with E-state index in [1.807, 2.05) is 19.0 Å². The molecule has 1 saturated heterocycles. The first-order valence-electron chi connectivity index (χ1n) is 16.5. The molecule has 238 valence electrons. The maximum atomic E-state index is 12.3. The van der Waals surface area contributed by atoms with Crippen LogP contribution in [0.25, 0.3) is 11.2 Å². The molecular formula is C32H55N5O5. The van der Waals surface area contributed by atoms with Gasteiger partial charge in [-0.2, -0.15) is 0 Å². The van der Waals surface area contributed by atoms with Crippen molar-refractivity contribution < 1.29 is 24.5 Å². The van der Waals surface area contributed by atoms with E-state index in [4.69, 9.17) is 9.47 Å². The molecule has 0 saturated carbocycles. The van der Waals surface area contributed by atoms with Crippen molar-refractivity contribution in [3.8, 4) is 0 Å². The van der Waals surface area contributed by atoms with Crippen LogP contribution in [0.15, 0.2) is 12.7 Å². The molecule has 2 aromatic heterocycles. The van der Waals surface area contributed by atoms with Gasteiger partial charge in [-0.1, -0.05) is 110 Å². The number of anilines is 1. The number of hydrogen-bond donors (Lipinski definition) is 2. The van der Waals surface area contributed by atoms with E-state index in [2.05, 4.69) is 21.9 Å². The second-order valence-corrected chi connectivity index (χ2v) is 12.1. The molecule has 2 N–H and O–H groups in total. The highest BCUT2D eigenvalue weighted by Gasteiger charge is 2.45. The Labute approximate surface area is 252 Å². The van der Waals surface area contributed by atoms with Gasteiger partial charge in [0.1, 0.15) is 31.2 Å². The lowest BCUT2D eigenvalue weighted by molar-refractivity contribution is -0.150. The second-order valence-electron chi connectivity index (χ2n) is 12.1. The average molecular weight is 590 g/mol. The molecule has 1 aliphatic heterocycles. The first kappa shape index (κ1) is 34.2. The van der Waals surface area contributed by atoms with Crippen LogP contribution >= 0.6 is 0 Å². The Bertz CT molecular complexity index is 1030. The van der Waals surface area contributed by atoms with Crippen molar-refractivity contribution in [1.29, 1.82) is 0 Å². The number of rotatable bonds is 22. The Balaban J connectivity index is 1.21. The highest BCUT2D eigenvalue weighted by Crippen LogP contribution is 2.32. The van der Waals surface area contributed by atoms with Gasteiger partial charge in [0.2, 0.25) is 0 Å².